The van der Waals surface area contributed by atoms with E-state index in [1.807, 2.05) is 12.1 Å². The van der Waals surface area contributed by atoms with Crippen LogP contribution in [0.2, 0.25) is 0 Å². The molecule has 0 fully saturated rings. The number of hydrogen-bond acceptors (Lipinski definition) is 3. The lowest BCUT2D eigenvalue weighted by atomic mass is 10.1. The predicted molar refractivity (Wildman–Crippen MR) is 73.5 cm³/mol. The lowest BCUT2D eigenvalue weighted by molar-refractivity contribution is 0.219. The van der Waals surface area contributed by atoms with Crippen LogP contribution < -0.4 is 4.74 Å². The number of benzene rings is 1. The third-order valence-electron chi connectivity index (χ3n) is 3.40. The normalized spacial score (nSPS) is 10.7. The highest BCUT2D eigenvalue weighted by Crippen LogP contribution is 2.22. The Kier molecular flexibility index (Phi) is 5.67. The molecule has 0 amide bonds. The molecular weight excluding hydrogens is 224 g/mol. The summed E-state index contributed by atoms with van der Waals surface area (Å²) in [6.07, 6.45) is 2.26. The van der Waals surface area contributed by atoms with Crippen molar-refractivity contribution in [3.05, 3.63) is 29.3 Å². The van der Waals surface area contributed by atoms with E-state index < -0.39 is 0 Å². The highest BCUT2D eigenvalue weighted by atomic mass is 16.5. The van der Waals surface area contributed by atoms with Gasteiger partial charge in [-0.15, -0.1) is 0 Å². The van der Waals surface area contributed by atoms with Crippen molar-refractivity contribution in [3.63, 3.8) is 0 Å². The Balaban J connectivity index is 2.91. The first-order valence-electron chi connectivity index (χ1n) is 6.43. The van der Waals surface area contributed by atoms with Gasteiger partial charge in [-0.25, -0.2) is 0 Å². The Morgan fingerprint density at radius 1 is 1.33 bits per heavy atom. The summed E-state index contributed by atoms with van der Waals surface area (Å²) < 4.78 is 5.36. The molecule has 0 heterocycles. The smallest absolute Gasteiger partial charge is 0.123 e. The fourth-order valence-corrected chi connectivity index (χ4v) is 2.28. The first-order chi connectivity index (χ1) is 8.65. The molecule has 0 aliphatic carbocycles. The van der Waals surface area contributed by atoms with Gasteiger partial charge in [0.05, 0.1) is 18.7 Å². The molecule has 3 heteroatoms. The van der Waals surface area contributed by atoms with Gasteiger partial charge >= 0.3 is 0 Å². The molecule has 0 spiro atoms. The highest BCUT2D eigenvalue weighted by molar-refractivity contribution is 5.42. The quantitative estimate of drug-likeness (QED) is 0.773. The van der Waals surface area contributed by atoms with Crippen LogP contribution in [0.3, 0.4) is 0 Å². The van der Waals surface area contributed by atoms with E-state index >= 15 is 0 Å². The zero-order chi connectivity index (χ0) is 13.5. The van der Waals surface area contributed by atoms with Gasteiger partial charge in [0, 0.05) is 18.2 Å². The molecule has 1 aromatic carbocycles. The van der Waals surface area contributed by atoms with Crippen molar-refractivity contribution in [2.24, 2.45) is 0 Å². The van der Waals surface area contributed by atoms with E-state index in [-0.39, 0.29) is 0 Å². The Labute approximate surface area is 110 Å². The Hall–Kier alpha value is -1.53. The van der Waals surface area contributed by atoms with Crippen LogP contribution in [0, 0.1) is 11.3 Å². The lowest BCUT2D eigenvalue weighted by Crippen LogP contribution is -2.30. The molecule has 3 nitrogen and oxygen atoms in total. The molecule has 1 rings (SSSR count). The minimum atomic E-state index is 0.570. The summed E-state index contributed by atoms with van der Waals surface area (Å²) in [6.45, 7) is 5.21. The van der Waals surface area contributed by atoms with Crippen LogP contribution in [0.25, 0.3) is 0 Å². The van der Waals surface area contributed by atoms with Crippen LogP contribution in [-0.2, 0) is 6.54 Å². The zero-order valence-electron chi connectivity index (χ0n) is 11.7. The number of nitrogens with zero attached hydrogens (tertiary/aromatic N) is 2. The Bertz CT molecular complexity index is 419. The molecule has 0 aliphatic heterocycles. The average Bonchev–Trinajstić information content (AvgIpc) is 2.40. The second-order valence-electron chi connectivity index (χ2n) is 4.52. The van der Waals surface area contributed by atoms with Crippen LogP contribution >= 0.6 is 0 Å². The summed E-state index contributed by atoms with van der Waals surface area (Å²) in [6, 6.07) is 8.32. The van der Waals surface area contributed by atoms with Crippen molar-refractivity contribution in [2.75, 3.05) is 14.2 Å². The first kappa shape index (κ1) is 14.5. The summed E-state index contributed by atoms with van der Waals surface area (Å²) >= 11 is 0. The molecule has 0 N–H and O–H groups in total. The number of ether oxygens (including phenoxy) is 1. The van der Waals surface area contributed by atoms with E-state index in [2.05, 4.69) is 31.9 Å². The lowest BCUT2D eigenvalue weighted by Gasteiger charge is -2.26. The summed E-state index contributed by atoms with van der Waals surface area (Å²) in [5, 5.41) is 8.96. The molecule has 18 heavy (non-hydrogen) atoms. The summed E-state index contributed by atoms with van der Waals surface area (Å²) in [7, 11) is 3.79. The van der Waals surface area contributed by atoms with Gasteiger partial charge in [-0.2, -0.15) is 5.26 Å². The molecular formula is C15H22N2O. The molecule has 0 unspecified atom stereocenters. The van der Waals surface area contributed by atoms with Crippen molar-refractivity contribution < 1.29 is 4.74 Å². The second kappa shape index (κ2) is 7.03. The van der Waals surface area contributed by atoms with Crippen molar-refractivity contribution in [1.82, 2.24) is 4.90 Å². The van der Waals surface area contributed by atoms with Gasteiger partial charge in [-0.1, -0.05) is 13.8 Å². The third kappa shape index (κ3) is 3.48. The van der Waals surface area contributed by atoms with E-state index in [9.17, 15) is 0 Å². The van der Waals surface area contributed by atoms with Crippen LogP contribution in [0.1, 0.15) is 37.8 Å². The van der Waals surface area contributed by atoms with E-state index in [1.165, 1.54) is 0 Å². The van der Waals surface area contributed by atoms with E-state index in [4.69, 9.17) is 10.00 Å². The largest absolute Gasteiger partial charge is 0.496 e. The van der Waals surface area contributed by atoms with Gasteiger partial charge in [0.25, 0.3) is 0 Å². The second-order valence-corrected chi connectivity index (χ2v) is 4.52. The minimum absolute atomic E-state index is 0.570. The number of methoxy groups -OCH3 is 1. The monoisotopic (exact) mass is 246 g/mol. The predicted octanol–water partition coefficient (Wildman–Crippen LogP) is 3.19. The number of rotatable bonds is 6. The van der Waals surface area contributed by atoms with Crippen LogP contribution in [0.4, 0.5) is 0 Å². The first-order valence-corrected chi connectivity index (χ1v) is 6.43. The maximum Gasteiger partial charge on any atom is 0.123 e. The molecule has 1 aromatic rings. The molecule has 0 aliphatic rings. The fraction of sp³-hybridized carbons (Fsp3) is 0.533. The SMILES string of the molecule is CCC(CC)N(C)Cc1cc(C#N)ccc1OC. The van der Waals surface area contributed by atoms with Crippen molar-refractivity contribution in [1.29, 1.82) is 5.26 Å². The van der Waals surface area contributed by atoms with Crippen LogP contribution in [-0.4, -0.2) is 25.1 Å². The van der Waals surface area contributed by atoms with Gasteiger partial charge in [0.15, 0.2) is 0 Å². The minimum Gasteiger partial charge on any atom is -0.496 e. The van der Waals surface area contributed by atoms with E-state index in [1.54, 1.807) is 13.2 Å². The van der Waals surface area contributed by atoms with Crippen molar-refractivity contribution in [2.45, 2.75) is 39.3 Å². The molecule has 0 radical (unpaired) electrons. The zero-order valence-corrected chi connectivity index (χ0v) is 11.7. The highest BCUT2D eigenvalue weighted by Gasteiger charge is 2.13. The molecule has 0 saturated carbocycles. The summed E-state index contributed by atoms with van der Waals surface area (Å²) in [4.78, 5) is 2.32. The van der Waals surface area contributed by atoms with Gasteiger partial charge in [-0.05, 0) is 38.1 Å². The van der Waals surface area contributed by atoms with E-state index in [0.717, 1.165) is 30.7 Å². The van der Waals surface area contributed by atoms with Crippen molar-refractivity contribution >= 4 is 0 Å². The number of nitriles is 1. The van der Waals surface area contributed by atoms with Crippen molar-refractivity contribution in [3.8, 4) is 11.8 Å². The Morgan fingerprint density at radius 3 is 2.50 bits per heavy atom. The molecule has 0 atom stereocenters. The molecule has 98 valence electrons. The van der Waals surface area contributed by atoms with Gasteiger partial charge in [-0.3, -0.25) is 4.90 Å². The van der Waals surface area contributed by atoms with Gasteiger partial charge in [0.1, 0.15) is 5.75 Å². The standard InChI is InChI=1S/C15H22N2O/c1-5-14(6-2)17(3)11-13-9-12(10-16)7-8-15(13)18-4/h7-9,14H,5-6,11H2,1-4H3. The summed E-state index contributed by atoms with van der Waals surface area (Å²) in [5.41, 5.74) is 1.76. The van der Waals surface area contributed by atoms with Crippen LogP contribution in [0.15, 0.2) is 18.2 Å². The number of hydrogen-bond donors (Lipinski definition) is 0. The van der Waals surface area contributed by atoms with Gasteiger partial charge in [0.2, 0.25) is 0 Å². The molecule has 0 aromatic heterocycles. The molecule has 0 saturated heterocycles. The maximum atomic E-state index is 8.96. The summed E-state index contributed by atoms with van der Waals surface area (Å²) in [5.74, 6) is 0.854. The molecule has 0 bridgehead atoms. The average molecular weight is 246 g/mol. The fourth-order valence-electron chi connectivity index (χ4n) is 2.28. The maximum absolute atomic E-state index is 8.96. The third-order valence-corrected chi connectivity index (χ3v) is 3.40. The van der Waals surface area contributed by atoms with Crippen LogP contribution in [0.5, 0.6) is 5.75 Å². The Morgan fingerprint density at radius 2 is 2.00 bits per heavy atom. The topological polar surface area (TPSA) is 36.3 Å². The van der Waals surface area contributed by atoms with Gasteiger partial charge < -0.3 is 4.74 Å². The van der Waals surface area contributed by atoms with E-state index in [0.29, 0.717) is 11.6 Å².